The van der Waals surface area contributed by atoms with Gasteiger partial charge in [-0.2, -0.15) is 0 Å². The van der Waals surface area contributed by atoms with Gasteiger partial charge in [0, 0.05) is 31.3 Å². The van der Waals surface area contributed by atoms with Crippen molar-refractivity contribution in [2.75, 3.05) is 26.3 Å². The number of hydrogen-bond acceptors (Lipinski definition) is 5. The highest BCUT2D eigenvalue weighted by Crippen LogP contribution is 2.33. The molecular weight excluding hydrogens is 284 g/mol. The number of fused-ring (bicyclic) bond motifs is 1. The zero-order valence-corrected chi connectivity index (χ0v) is 12.6. The van der Waals surface area contributed by atoms with Gasteiger partial charge in [-0.15, -0.1) is 0 Å². The second kappa shape index (κ2) is 6.02. The molecule has 3 fully saturated rings. The minimum absolute atomic E-state index is 0.0376. The molecule has 1 aromatic rings. The third-order valence-corrected chi connectivity index (χ3v) is 4.93. The van der Waals surface area contributed by atoms with Crippen molar-refractivity contribution in [3.8, 4) is 0 Å². The van der Waals surface area contributed by atoms with Crippen LogP contribution in [0.2, 0.25) is 0 Å². The Morgan fingerprint density at radius 3 is 3.09 bits per heavy atom. The van der Waals surface area contributed by atoms with Gasteiger partial charge >= 0.3 is 0 Å². The summed E-state index contributed by atoms with van der Waals surface area (Å²) in [6, 6.07) is 2.40. The molecule has 0 spiro atoms. The Hall–Kier alpha value is -1.37. The first-order valence-corrected chi connectivity index (χ1v) is 8.12. The van der Waals surface area contributed by atoms with E-state index in [1.165, 1.54) is 0 Å². The Bertz CT molecular complexity index is 512. The van der Waals surface area contributed by atoms with Crippen LogP contribution in [-0.2, 0) is 20.9 Å². The number of ether oxygens (including phenoxy) is 1. The van der Waals surface area contributed by atoms with Crippen LogP contribution in [0.5, 0.6) is 0 Å². The van der Waals surface area contributed by atoms with Crippen molar-refractivity contribution in [1.29, 1.82) is 0 Å². The van der Waals surface area contributed by atoms with Gasteiger partial charge in [-0.3, -0.25) is 14.5 Å². The summed E-state index contributed by atoms with van der Waals surface area (Å²) in [5, 5.41) is 1.55. The molecule has 3 aliphatic rings. The highest BCUT2D eigenvalue weighted by molar-refractivity contribution is 5.78. The SMILES string of the molecule is O=C([C@@H]1C[C@@H]2OCC[C@@H]2N(Cc2ccoc2)C1)N1CCCO1. The highest BCUT2D eigenvalue weighted by atomic mass is 16.7. The second-order valence-electron chi connectivity index (χ2n) is 6.39. The van der Waals surface area contributed by atoms with Gasteiger partial charge in [0.2, 0.25) is 0 Å². The molecule has 1 aromatic heterocycles. The Morgan fingerprint density at radius 2 is 2.32 bits per heavy atom. The Labute approximate surface area is 129 Å². The lowest BCUT2D eigenvalue weighted by atomic mass is 9.89. The quantitative estimate of drug-likeness (QED) is 0.845. The van der Waals surface area contributed by atoms with Crippen molar-refractivity contribution in [3.63, 3.8) is 0 Å². The molecule has 4 rings (SSSR count). The summed E-state index contributed by atoms with van der Waals surface area (Å²) >= 11 is 0. The zero-order valence-electron chi connectivity index (χ0n) is 12.6. The predicted molar refractivity (Wildman–Crippen MR) is 77.7 cm³/mol. The number of carbonyl (C=O) groups excluding carboxylic acids is 1. The van der Waals surface area contributed by atoms with Gasteiger partial charge in [-0.25, -0.2) is 5.06 Å². The summed E-state index contributed by atoms with van der Waals surface area (Å²) in [7, 11) is 0. The van der Waals surface area contributed by atoms with E-state index in [2.05, 4.69) is 4.90 Å². The number of hydroxylamine groups is 2. The summed E-state index contributed by atoms with van der Waals surface area (Å²) in [4.78, 5) is 20.4. The molecule has 0 N–H and O–H groups in total. The summed E-state index contributed by atoms with van der Waals surface area (Å²) in [6.45, 7) is 3.74. The van der Waals surface area contributed by atoms with E-state index in [1.807, 2.05) is 6.07 Å². The molecule has 0 aliphatic carbocycles. The van der Waals surface area contributed by atoms with Crippen molar-refractivity contribution in [2.45, 2.75) is 38.0 Å². The third-order valence-electron chi connectivity index (χ3n) is 4.93. The zero-order chi connectivity index (χ0) is 14.9. The van der Waals surface area contributed by atoms with Crippen molar-refractivity contribution in [2.24, 2.45) is 5.92 Å². The van der Waals surface area contributed by atoms with E-state index in [1.54, 1.807) is 17.6 Å². The first-order valence-electron chi connectivity index (χ1n) is 8.12. The third kappa shape index (κ3) is 2.66. The van der Waals surface area contributed by atoms with Crippen molar-refractivity contribution in [3.05, 3.63) is 24.2 Å². The van der Waals surface area contributed by atoms with Crippen LogP contribution in [0.15, 0.2) is 23.0 Å². The first kappa shape index (κ1) is 14.2. The number of amides is 1. The van der Waals surface area contributed by atoms with E-state index in [9.17, 15) is 4.79 Å². The standard InChI is InChI=1S/C16H22N2O4/c19-16(18-4-1-5-22-18)13-8-15-14(3-7-21-15)17(10-13)9-12-2-6-20-11-12/h2,6,11,13-15H,1,3-5,7-10H2/t13-,14+,15+/m1/s1. The van der Waals surface area contributed by atoms with Crippen LogP contribution in [0.3, 0.4) is 0 Å². The molecule has 3 saturated heterocycles. The fourth-order valence-corrected chi connectivity index (χ4v) is 3.86. The lowest BCUT2D eigenvalue weighted by Crippen LogP contribution is -2.52. The fourth-order valence-electron chi connectivity index (χ4n) is 3.86. The monoisotopic (exact) mass is 306 g/mol. The molecule has 6 nitrogen and oxygen atoms in total. The molecule has 3 aliphatic heterocycles. The van der Waals surface area contributed by atoms with Crippen LogP contribution in [0.25, 0.3) is 0 Å². The molecular formula is C16H22N2O4. The van der Waals surface area contributed by atoms with Gasteiger partial charge in [-0.1, -0.05) is 0 Å². The number of rotatable bonds is 3. The van der Waals surface area contributed by atoms with Crippen LogP contribution in [0, 0.1) is 5.92 Å². The van der Waals surface area contributed by atoms with Crippen LogP contribution >= 0.6 is 0 Å². The Balaban J connectivity index is 1.48. The van der Waals surface area contributed by atoms with Crippen LogP contribution < -0.4 is 0 Å². The largest absolute Gasteiger partial charge is 0.472 e. The van der Waals surface area contributed by atoms with Gasteiger partial charge in [0.15, 0.2) is 0 Å². The van der Waals surface area contributed by atoms with Gasteiger partial charge in [0.05, 0.1) is 37.7 Å². The fraction of sp³-hybridized carbons (Fsp3) is 0.688. The summed E-state index contributed by atoms with van der Waals surface area (Å²) in [6.07, 6.45) is 6.43. The molecule has 22 heavy (non-hydrogen) atoms. The van der Waals surface area contributed by atoms with Gasteiger partial charge in [0.25, 0.3) is 5.91 Å². The Kier molecular flexibility index (Phi) is 3.90. The molecule has 0 aromatic carbocycles. The van der Waals surface area contributed by atoms with E-state index >= 15 is 0 Å². The van der Waals surface area contributed by atoms with Crippen molar-refractivity contribution >= 4 is 5.91 Å². The first-order chi connectivity index (χ1) is 10.8. The molecule has 0 saturated carbocycles. The van der Waals surface area contributed by atoms with Gasteiger partial charge in [-0.05, 0) is 25.3 Å². The van der Waals surface area contributed by atoms with Crippen LogP contribution in [0.1, 0.15) is 24.8 Å². The second-order valence-corrected chi connectivity index (χ2v) is 6.39. The maximum Gasteiger partial charge on any atom is 0.250 e. The number of likely N-dealkylation sites (tertiary alicyclic amines) is 1. The minimum Gasteiger partial charge on any atom is -0.472 e. The topological polar surface area (TPSA) is 55.2 Å². The van der Waals surface area contributed by atoms with E-state index in [0.717, 1.165) is 44.5 Å². The number of hydrogen-bond donors (Lipinski definition) is 0. The lowest BCUT2D eigenvalue weighted by molar-refractivity contribution is -0.177. The maximum absolute atomic E-state index is 12.6. The molecule has 4 heterocycles. The minimum atomic E-state index is -0.0376. The molecule has 6 heteroatoms. The average Bonchev–Trinajstić information content (AvgIpc) is 3.27. The predicted octanol–water partition coefficient (Wildman–Crippen LogP) is 1.42. The molecule has 0 unspecified atom stereocenters. The number of furan rings is 1. The summed E-state index contributed by atoms with van der Waals surface area (Å²) < 4.78 is 11.0. The average molecular weight is 306 g/mol. The van der Waals surface area contributed by atoms with Crippen LogP contribution in [0.4, 0.5) is 0 Å². The molecule has 1 amide bonds. The lowest BCUT2D eigenvalue weighted by Gasteiger charge is -2.40. The normalized spacial score (nSPS) is 32.4. The molecule has 120 valence electrons. The number of carbonyl (C=O) groups is 1. The maximum atomic E-state index is 12.6. The molecule has 3 atom stereocenters. The van der Waals surface area contributed by atoms with Crippen LogP contribution in [-0.4, -0.2) is 54.3 Å². The van der Waals surface area contributed by atoms with E-state index in [0.29, 0.717) is 19.2 Å². The Morgan fingerprint density at radius 1 is 1.36 bits per heavy atom. The van der Waals surface area contributed by atoms with Gasteiger partial charge < -0.3 is 9.15 Å². The summed E-state index contributed by atoms with van der Waals surface area (Å²) in [5.41, 5.74) is 1.15. The van der Waals surface area contributed by atoms with E-state index in [-0.39, 0.29) is 17.9 Å². The van der Waals surface area contributed by atoms with Crippen molar-refractivity contribution < 1.29 is 18.8 Å². The smallest absolute Gasteiger partial charge is 0.250 e. The van der Waals surface area contributed by atoms with E-state index in [4.69, 9.17) is 14.0 Å². The van der Waals surface area contributed by atoms with E-state index < -0.39 is 0 Å². The molecule has 0 radical (unpaired) electrons. The summed E-state index contributed by atoms with van der Waals surface area (Å²) in [5.74, 6) is 0.0768. The highest BCUT2D eigenvalue weighted by Gasteiger charge is 2.43. The number of piperidine rings is 1. The number of nitrogens with zero attached hydrogens (tertiary/aromatic N) is 2. The van der Waals surface area contributed by atoms with Crippen molar-refractivity contribution in [1.82, 2.24) is 9.96 Å². The van der Waals surface area contributed by atoms with Gasteiger partial charge in [0.1, 0.15) is 0 Å². The molecule has 0 bridgehead atoms.